The van der Waals surface area contributed by atoms with E-state index < -0.39 is 12.2 Å². The standard InChI is InChI=1S/3C10H12ClNO2/c1-12(2)10(13)14-9-5-3-8(7-11)4-6-9;1-12(2)10(13)14-9-5-3-4-8(6-9)7-11;1-12(2)10(13)14-9-6-4-3-5-8(9)7-11/h3*3-6H,7H2,1-2H3. The summed E-state index contributed by atoms with van der Waals surface area (Å²) in [6.07, 6.45) is -1.18. The molecule has 3 aromatic carbocycles. The van der Waals surface area contributed by atoms with E-state index in [-0.39, 0.29) is 6.09 Å². The SMILES string of the molecule is CN(C)C(=O)Oc1ccc(CCl)cc1.CN(C)C(=O)Oc1cccc(CCl)c1.CN(C)C(=O)Oc1ccccc1CCl. The minimum absolute atomic E-state index is 0.330. The third-order valence-electron chi connectivity index (χ3n) is 4.95. The van der Waals surface area contributed by atoms with Gasteiger partial charge in [0, 0.05) is 59.6 Å². The summed E-state index contributed by atoms with van der Waals surface area (Å²) >= 11 is 17.0. The summed E-state index contributed by atoms with van der Waals surface area (Å²) in [5.41, 5.74) is 2.73. The van der Waals surface area contributed by atoms with Crippen molar-refractivity contribution in [2.24, 2.45) is 0 Å². The molecule has 3 rings (SSSR count). The number of carbonyl (C=O) groups excluding carboxylic acids is 3. The quantitative estimate of drug-likeness (QED) is 0.260. The Hall–Kier alpha value is -3.66. The van der Waals surface area contributed by atoms with Gasteiger partial charge in [-0.05, 0) is 41.5 Å². The lowest BCUT2D eigenvalue weighted by Gasteiger charge is -2.12. The van der Waals surface area contributed by atoms with Crippen LogP contribution in [-0.2, 0) is 17.6 Å². The zero-order valence-corrected chi connectivity index (χ0v) is 26.7. The Kier molecular flexibility index (Phi) is 16.8. The number of amides is 3. The van der Waals surface area contributed by atoms with Crippen LogP contribution in [0.5, 0.6) is 17.2 Å². The van der Waals surface area contributed by atoms with Crippen LogP contribution in [0.1, 0.15) is 16.7 Å². The summed E-state index contributed by atoms with van der Waals surface area (Å²) in [5.74, 6) is 2.76. The molecule has 3 aromatic rings. The lowest BCUT2D eigenvalue weighted by atomic mass is 10.2. The van der Waals surface area contributed by atoms with E-state index in [0.29, 0.717) is 34.9 Å². The monoisotopic (exact) mass is 639 g/mol. The zero-order chi connectivity index (χ0) is 31.7. The summed E-state index contributed by atoms with van der Waals surface area (Å²) < 4.78 is 15.2. The first-order chi connectivity index (χ1) is 19.9. The van der Waals surface area contributed by atoms with Gasteiger partial charge in [-0.2, -0.15) is 0 Å². The molecule has 0 fully saturated rings. The van der Waals surface area contributed by atoms with Crippen molar-refractivity contribution >= 4 is 53.1 Å². The molecule has 0 unspecified atom stereocenters. The summed E-state index contributed by atoms with van der Waals surface area (Å²) in [6.45, 7) is 0. The molecule has 9 nitrogen and oxygen atoms in total. The molecule has 12 heteroatoms. The van der Waals surface area contributed by atoms with E-state index >= 15 is 0 Å². The van der Waals surface area contributed by atoms with Crippen LogP contribution >= 0.6 is 34.8 Å². The zero-order valence-electron chi connectivity index (χ0n) is 24.5. The van der Waals surface area contributed by atoms with Gasteiger partial charge in [0.15, 0.2) is 0 Å². The Labute approximate surface area is 262 Å². The number of ether oxygens (including phenoxy) is 3. The predicted molar refractivity (Wildman–Crippen MR) is 167 cm³/mol. The van der Waals surface area contributed by atoms with Crippen molar-refractivity contribution in [1.82, 2.24) is 14.7 Å². The van der Waals surface area contributed by atoms with Gasteiger partial charge in [0.1, 0.15) is 17.2 Å². The average molecular weight is 641 g/mol. The summed E-state index contributed by atoms with van der Waals surface area (Å²) in [6, 6.07) is 21.4. The average Bonchev–Trinajstić information content (AvgIpc) is 2.98. The molecule has 0 bridgehead atoms. The van der Waals surface area contributed by atoms with Gasteiger partial charge in [-0.1, -0.05) is 42.5 Å². The summed E-state index contributed by atoms with van der Waals surface area (Å²) in [7, 11) is 9.80. The van der Waals surface area contributed by atoms with Gasteiger partial charge in [0.2, 0.25) is 0 Å². The highest BCUT2D eigenvalue weighted by Crippen LogP contribution is 2.20. The molecule has 3 amide bonds. The number of benzene rings is 3. The van der Waals surface area contributed by atoms with Crippen molar-refractivity contribution in [2.75, 3.05) is 42.3 Å². The number of halogens is 3. The van der Waals surface area contributed by atoms with Gasteiger partial charge in [-0.25, -0.2) is 14.4 Å². The van der Waals surface area contributed by atoms with Gasteiger partial charge < -0.3 is 28.9 Å². The van der Waals surface area contributed by atoms with Crippen molar-refractivity contribution in [3.63, 3.8) is 0 Å². The van der Waals surface area contributed by atoms with Gasteiger partial charge in [0.05, 0.1) is 5.88 Å². The Bertz CT molecular complexity index is 1270. The topological polar surface area (TPSA) is 88.6 Å². The van der Waals surface area contributed by atoms with Crippen LogP contribution in [0.15, 0.2) is 72.8 Å². The van der Waals surface area contributed by atoms with E-state index in [4.69, 9.17) is 49.0 Å². The first-order valence-electron chi connectivity index (χ1n) is 12.5. The molecule has 0 radical (unpaired) electrons. The Morgan fingerprint density at radius 2 is 1.05 bits per heavy atom. The molecular formula is C30H36Cl3N3O6. The third kappa shape index (κ3) is 13.8. The normalized spacial score (nSPS) is 9.64. The molecule has 0 spiro atoms. The molecule has 0 aromatic heterocycles. The van der Waals surface area contributed by atoms with E-state index in [0.717, 1.165) is 16.7 Å². The van der Waals surface area contributed by atoms with Crippen LogP contribution in [-0.4, -0.2) is 75.3 Å². The number of hydrogen-bond donors (Lipinski definition) is 0. The Balaban J connectivity index is 0.000000315. The molecule has 42 heavy (non-hydrogen) atoms. The minimum atomic E-state index is -0.400. The van der Waals surface area contributed by atoms with Crippen molar-refractivity contribution in [3.05, 3.63) is 89.5 Å². The Morgan fingerprint density at radius 1 is 0.548 bits per heavy atom. The molecule has 0 saturated carbocycles. The molecule has 228 valence electrons. The van der Waals surface area contributed by atoms with E-state index in [9.17, 15) is 14.4 Å². The number of hydrogen-bond acceptors (Lipinski definition) is 6. The second kappa shape index (κ2) is 19.5. The fraction of sp³-hybridized carbons (Fsp3) is 0.300. The van der Waals surface area contributed by atoms with Gasteiger partial charge in [-0.15, -0.1) is 34.8 Å². The first-order valence-corrected chi connectivity index (χ1v) is 14.1. The molecule has 0 aliphatic carbocycles. The molecule has 0 saturated heterocycles. The van der Waals surface area contributed by atoms with Crippen LogP contribution in [0, 0.1) is 0 Å². The number of alkyl halides is 3. The Morgan fingerprint density at radius 3 is 1.55 bits per heavy atom. The maximum atomic E-state index is 11.2. The van der Waals surface area contributed by atoms with E-state index in [1.807, 2.05) is 30.3 Å². The highest BCUT2D eigenvalue weighted by molar-refractivity contribution is 6.17. The smallest absolute Gasteiger partial charge is 0.410 e. The van der Waals surface area contributed by atoms with Crippen LogP contribution in [0.25, 0.3) is 0 Å². The molecule has 0 N–H and O–H groups in total. The van der Waals surface area contributed by atoms with Crippen molar-refractivity contribution in [1.29, 1.82) is 0 Å². The summed E-state index contributed by atoms with van der Waals surface area (Å²) in [4.78, 5) is 37.7. The molecule has 0 aliphatic heterocycles. The van der Waals surface area contributed by atoms with Crippen LogP contribution in [0.2, 0.25) is 0 Å². The van der Waals surface area contributed by atoms with E-state index in [2.05, 4.69) is 0 Å². The largest absolute Gasteiger partial charge is 0.414 e. The molecule has 0 heterocycles. The maximum absolute atomic E-state index is 11.2. The molecule has 0 atom stereocenters. The van der Waals surface area contributed by atoms with Crippen LogP contribution in [0.4, 0.5) is 14.4 Å². The maximum Gasteiger partial charge on any atom is 0.414 e. The number of rotatable bonds is 6. The predicted octanol–water partition coefficient (Wildman–Crippen LogP) is 7.46. The second-order valence-corrected chi connectivity index (χ2v) is 9.89. The van der Waals surface area contributed by atoms with Crippen LogP contribution < -0.4 is 14.2 Å². The first kappa shape index (κ1) is 36.4. The third-order valence-corrected chi connectivity index (χ3v) is 5.86. The van der Waals surface area contributed by atoms with E-state index in [1.54, 1.807) is 84.8 Å². The number of para-hydroxylation sites is 1. The van der Waals surface area contributed by atoms with Crippen molar-refractivity contribution < 1.29 is 28.6 Å². The van der Waals surface area contributed by atoms with E-state index in [1.165, 1.54) is 14.7 Å². The lowest BCUT2D eigenvalue weighted by Crippen LogP contribution is -2.25. The highest BCUT2D eigenvalue weighted by atomic mass is 35.5. The fourth-order valence-corrected chi connectivity index (χ4v) is 3.19. The van der Waals surface area contributed by atoms with Gasteiger partial charge >= 0.3 is 18.3 Å². The van der Waals surface area contributed by atoms with Crippen LogP contribution in [0.3, 0.4) is 0 Å². The number of nitrogens with zero attached hydrogens (tertiary/aromatic N) is 3. The fourth-order valence-electron chi connectivity index (χ4n) is 2.62. The highest BCUT2D eigenvalue weighted by Gasteiger charge is 2.09. The molecular weight excluding hydrogens is 605 g/mol. The molecule has 0 aliphatic rings. The number of carbonyl (C=O) groups is 3. The summed E-state index contributed by atoms with van der Waals surface area (Å²) in [5, 5.41) is 0. The van der Waals surface area contributed by atoms with Gasteiger partial charge in [-0.3, -0.25) is 0 Å². The second-order valence-electron chi connectivity index (χ2n) is 9.09. The minimum Gasteiger partial charge on any atom is -0.410 e. The van der Waals surface area contributed by atoms with Crippen molar-refractivity contribution in [2.45, 2.75) is 17.6 Å². The van der Waals surface area contributed by atoms with Gasteiger partial charge in [0.25, 0.3) is 0 Å². The lowest BCUT2D eigenvalue weighted by molar-refractivity contribution is 0.171. The van der Waals surface area contributed by atoms with Crippen molar-refractivity contribution in [3.8, 4) is 17.2 Å².